The van der Waals surface area contributed by atoms with E-state index in [1.54, 1.807) is 19.2 Å². The van der Waals surface area contributed by atoms with Crippen LogP contribution in [0, 0.1) is 0 Å². The van der Waals surface area contributed by atoms with Crippen LogP contribution in [0.4, 0.5) is 0 Å². The number of carbonyl (C=O) groups excluding carboxylic acids is 2. The monoisotopic (exact) mass is 275 g/mol. The first-order valence-corrected chi connectivity index (χ1v) is 6.08. The second-order valence-corrected chi connectivity index (χ2v) is 4.39. The van der Waals surface area contributed by atoms with E-state index in [-0.39, 0.29) is 18.7 Å². The minimum absolute atomic E-state index is 0.0873. The maximum absolute atomic E-state index is 11.5. The van der Waals surface area contributed by atoms with Crippen molar-refractivity contribution < 1.29 is 23.7 Å². The van der Waals surface area contributed by atoms with Gasteiger partial charge in [0.1, 0.15) is 11.9 Å². The number of rotatable bonds is 6. The molecule has 0 saturated carbocycles. The fourth-order valence-electron chi connectivity index (χ4n) is 1.76. The molecule has 0 spiro atoms. The Morgan fingerprint density at radius 1 is 1.50 bits per heavy atom. The highest BCUT2D eigenvalue weighted by Gasteiger charge is 2.26. The molecule has 0 aliphatic carbocycles. The third-order valence-electron chi connectivity index (χ3n) is 2.72. The fraction of sp³-hybridized carbons (Fsp3) is 0.231. The largest absolute Gasteiger partial charge is 0.600 e. The predicted molar refractivity (Wildman–Crippen MR) is 73.5 cm³/mol. The van der Waals surface area contributed by atoms with E-state index in [0.717, 1.165) is 5.39 Å². The number of carbonyl (C=O) groups is 2. The van der Waals surface area contributed by atoms with Crippen LogP contribution >= 0.6 is 0 Å². The van der Waals surface area contributed by atoms with Gasteiger partial charge in [-0.15, -0.1) is 0 Å². The summed E-state index contributed by atoms with van der Waals surface area (Å²) in [6, 6.07) is 8.85. The third-order valence-corrected chi connectivity index (χ3v) is 2.72. The molecule has 1 aromatic heterocycles. The van der Waals surface area contributed by atoms with Gasteiger partial charge in [-0.2, -0.15) is 0 Å². The molecule has 7 heteroatoms. The summed E-state index contributed by atoms with van der Waals surface area (Å²) in [4.78, 5) is 23.3. The lowest BCUT2D eigenvalue weighted by Gasteiger charge is -2.12. The second-order valence-electron chi connectivity index (χ2n) is 4.39. The van der Waals surface area contributed by atoms with Gasteiger partial charge in [0, 0.05) is 5.39 Å². The van der Waals surface area contributed by atoms with Gasteiger partial charge in [-0.3, -0.25) is 9.69 Å². The van der Waals surface area contributed by atoms with E-state index in [4.69, 9.17) is 9.07 Å². The number of para-hydroxylation sites is 1. The lowest BCUT2D eigenvalue weighted by atomic mass is 9.86. The van der Waals surface area contributed by atoms with E-state index in [2.05, 4.69) is 0 Å². The Kier molecular flexibility index (Phi) is 4.55. The first-order valence-electron chi connectivity index (χ1n) is 6.08. The number of hydrogen-bond donors (Lipinski definition) is 1. The SMILES string of the molecule is CN(CC=O)CC(=O)OB(O)c1cc2ccccc2o1. The van der Waals surface area contributed by atoms with E-state index in [1.165, 1.54) is 4.90 Å². The summed E-state index contributed by atoms with van der Waals surface area (Å²) < 4.78 is 10.2. The Bertz CT molecular complexity index is 579. The number of likely N-dealkylation sites (N-methyl/N-ethyl adjacent to an activating group) is 1. The average Bonchev–Trinajstić information content (AvgIpc) is 2.82. The molecule has 1 heterocycles. The van der Waals surface area contributed by atoms with E-state index < -0.39 is 13.1 Å². The Morgan fingerprint density at radius 2 is 2.25 bits per heavy atom. The van der Waals surface area contributed by atoms with Crippen molar-refractivity contribution >= 4 is 36.0 Å². The van der Waals surface area contributed by atoms with Gasteiger partial charge >= 0.3 is 13.1 Å². The van der Waals surface area contributed by atoms with Crippen molar-refractivity contribution in [3.8, 4) is 0 Å². The van der Waals surface area contributed by atoms with Gasteiger partial charge in [-0.25, -0.2) is 0 Å². The van der Waals surface area contributed by atoms with Gasteiger partial charge in [0.15, 0.2) is 5.66 Å². The molecule has 6 nitrogen and oxygen atoms in total. The molecule has 0 radical (unpaired) electrons. The summed E-state index contributed by atoms with van der Waals surface area (Å²) in [7, 11) is 0.142. The van der Waals surface area contributed by atoms with Crippen molar-refractivity contribution in [2.24, 2.45) is 0 Å². The summed E-state index contributed by atoms with van der Waals surface area (Å²) in [5, 5.41) is 10.6. The molecule has 0 amide bonds. The van der Waals surface area contributed by atoms with Crippen molar-refractivity contribution in [1.82, 2.24) is 4.90 Å². The highest BCUT2D eigenvalue weighted by molar-refractivity contribution is 6.60. The van der Waals surface area contributed by atoms with Gasteiger partial charge in [0.25, 0.3) is 0 Å². The standard InChI is InChI=1S/C13H14BNO5/c1-15(6-7-16)9-13(17)20-14(18)12-8-10-4-2-3-5-11(10)19-12/h2-5,7-8,18H,6,9H2,1H3. The molecule has 0 aliphatic rings. The lowest BCUT2D eigenvalue weighted by molar-refractivity contribution is -0.136. The van der Waals surface area contributed by atoms with Crippen molar-refractivity contribution in [2.75, 3.05) is 20.1 Å². The minimum atomic E-state index is -1.46. The Balaban J connectivity index is 1.98. The number of aldehydes is 1. The quantitative estimate of drug-likeness (QED) is 0.580. The molecular formula is C13H14BNO5. The maximum Gasteiger partial charge on any atom is 0.600 e. The molecule has 104 valence electrons. The zero-order chi connectivity index (χ0) is 14.5. The van der Waals surface area contributed by atoms with Crippen LogP contribution in [0.15, 0.2) is 34.7 Å². The first kappa shape index (κ1) is 14.3. The summed E-state index contributed by atoms with van der Waals surface area (Å²) in [6.07, 6.45) is 0.683. The van der Waals surface area contributed by atoms with Gasteiger partial charge in [0.05, 0.1) is 13.1 Å². The molecule has 2 rings (SSSR count). The van der Waals surface area contributed by atoms with Gasteiger partial charge in [-0.1, -0.05) is 18.2 Å². The third kappa shape index (κ3) is 3.46. The molecule has 2 aromatic rings. The number of benzene rings is 1. The van der Waals surface area contributed by atoms with Gasteiger partial charge in [-0.05, 0) is 19.2 Å². The van der Waals surface area contributed by atoms with Gasteiger partial charge in [0.2, 0.25) is 0 Å². The zero-order valence-electron chi connectivity index (χ0n) is 11.0. The number of fused-ring (bicyclic) bond motifs is 1. The molecule has 1 N–H and O–H groups in total. The van der Waals surface area contributed by atoms with Crippen LogP contribution in [-0.2, 0) is 14.2 Å². The van der Waals surface area contributed by atoms with Crippen LogP contribution in [-0.4, -0.2) is 49.4 Å². The second kappa shape index (κ2) is 6.36. The van der Waals surface area contributed by atoms with Crippen LogP contribution in [0.1, 0.15) is 0 Å². The predicted octanol–water partition coefficient (Wildman–Crippen LogP) is -0.206. The van der Waals surface area contributed by atoms with E-state index in [1.807, 2.05) is 18.2 Å². The van der Waals surface area contributed by atoms with E-state index >= 15 is 0 Å². The van der Waals surface area contributed by atoms with E-state index in [9.17, 15) is 14.6 Å². The Morgan fingerprint density at radius 3 is 2.95 bits per heavy atom. The van der Waals surface area contributed by atoms with Crippen LogP contribution in [0.5, 0.6) is 0 Å². The topological polar surface area (TPSA) is 80.0 Å². The highest BCUT2D eigenvalue weighted by Crippen LogP contribution is 2.13. The molecule has 0 bridgehead atoms. The van der Waals surface area contributed by atoms with Crippen molar-refractivity contribution in [3.63, 3.8) is 0 Å². The smallest absolute Gasteiger partial charge is 0.503 e. The molecule has 0 fully saturated rings. The Labute approximate surface area is 116 Å². The molecule has 1 aromatic carbocycles. The highest BCUT2D eigenvalue weighted by atomic mass is 16.6. The van der Waals surface area contributed by atoms with Crippen molar-refractivity contribution in [1.29, 1.82) is 0 Å². The van der Waals surface area contributed by atoms with Crippen LogP contribution in [0.25, 0.3) is 11.0 Å². The number of hydrogen-bond acceptors (Lipinski definition) is 6. The Hall–Kier alpha value is -2.12. The maximum atomic E-state index is 11.5. The van der Waals surface area contributed by atoms with Crippen LogP contribution < -0.4 is 5.66 Å². The van der Waals surface area contributed by atoms with E-state index in [0.29, 0.717) is 11.9 Å². The molecular weight excluding hydrogens is 261 g/mol. The number of nitrogens with zero attached hydrogens (tertiary/aromatic N) is 1. The summed E-state index contributed by atoms with van der Waals surface area (Å²) in [6.45, 7) is 0.0336. The lowest BCUT2D eigenvalue weighted by Crippen LogP contribution is -2.38. The normalized spacial score (nSPS) is 10.8. The van der Waals surface area contributed by atoms with Crippen molar-refractivity contribution in [3.05, 3.63) is 30.3 Å². The summed E-state index contributed by atoms with van der Waals surface area (Å²) >= 11 is 0. The fourth-order valence-corrected chi connectivity index (χ4v) is 1.76. The molecule has 0 unspecified atom stereocenters. The zero-order valence-corrected chi connectivity index (χ0v) is 11.0. The van der Waals surface area contributed by atoms with Gasteiger partial charge < -0.3 is 18.9 Å². The first-order chi connectivity index (χ1) is 9.60. The number of furan rings is 1. The molecule has 0 atom stereocenters. The van der Waals surface area contributed by atoms with Crippen LogP contribution in [0.2, 0.25) is 0 Å². The summed E-state index contributed by atoms with van der Waals surface area (Å²) in [5.74, 6) is -0.637. The molecule has 20 heavy (non-hydrogen) atoms. The molecule has 0 saturated heterocycles. The van der Waals surface area contributed by atoms with Crippen LogP contribution in [0.3, 0.4) is 0 Å². The molecule has 0 aliphatic heterocycles. The summed E-state index contributed by atoms with van der Waals surface area (Å²) in [5.41, 5.74) is 0.772. The minimum Gasteiger partial charge on any atom is -0.503 e. The average molecular weight is 275 g/mol. The van der Waals surface area contributed by atoms with Crippen molar-refractivity contribution in [2.45, 2.75) is 0 Å².